The fourth-order valence-electron chi connectivity index (χ4n) is 3.36. The van der Waals surface area contributed by atoms with E-state index in [1.165, 1.54) is 28.1 Å². The second-order valence-corrected chi connectivity index (χ2v) is 6.88. The van der Waals surface area contributed by atoms with Gasteiger partial charge in [-0.2, -0.15) is 5.10 Å². The monoisotopic (exact) mass is 348 g/mol. The van der Waals surface area contributed by atoms with Gasteiger partial charge in [-0.05, 0) is 33.3 Å². The minimum atomic E-state index is 0. The normalized spacial score (nSPS) is 18.4. The Morgan fingerprint density at radius 1 is 1.12 bits per heavy atom. The Labute approximate surface area is 151 Å². The predicted molar refractivity (Wildman–Crippen MR) is 102 cm³/mol. The highest BCUT2D eigenvalue weighted by molar-refractivity contribution is 5.85. The Morgan fingerprint density at radius 2 is 1.83 bits per heavy atom. The summed E-state index contributed by atoms with van der Waals surface area (Å²) in [4.78, 5) is 2.54. The molecule has 0 saturated carbocycles. The molecular formula is C19H29ClN4. The van der Waals surface area contributed by atoms with Crippen LogP contribution in [0.15, 0.2) is 24.3 Å². The number of rotatable bonds is 4. The van der Waals surface area contributed by atoms with E-state index in [-0.39, 0.29) is 12.4 Å². The molecule has 5 heteroatoms. The zero-order valence-corrected chi connectivity index (χ0v) is 16.0. The molecule has 0 aliphatic carbocycles. The molecule has 2 aromatic rings. The van der Waals surface area contributed by atoms with Crippen molar-refractivity contribution >= 4 is 12.4 Å². The minimum absolute atomic E-state index is 0. The van der Waals surface area contributed by atoms with Crippen LogP contribution in [0.25, 0.3) is 0 Å². The highest BCUT2D eigenvalue weighted by atomic mass is 35.5. The van der Waals surface area contributed by atoms with Crippen LogP contribution in [0.1, 0.15) is 35.0 Å². The molecule has 0 bridgehead atoms. The lowest BCUT2D eigenvalue weighted by Gasteiger charge is -2.31. The molecular weight excluding hydrogens is 320 g/mol. The van der Waals surface area contributed by atoms with Crippen molar-refractivity contribution in [2.45, 2.75) is 46.8 Å². The number of nitrogens with one attached hydrogen (secondary N) is 1. The lowest BCUT2D eigenvalue weighted by Crippen LogP contribution is -2.48. The first-order valence-corrected chi connectivity index (χ1v) is 8.57. The van der Waals surface area contributed by atoms with E-state index in [1.54, 1.807) is 0 Å². The zero-order chi connectivity index (χ0) is 16.4. The number of halogens is 1. The van der Waals surface area contributed by atoms with Crippen LogP contribution in [0, 0.1) is 20.8 Å². The fourth-order valence-corrected chi connectivity index (χ4v) is 3.36. The molecule has 1 fully saturated rings. The van der Waals surface area contributed by atoms with Crippen LogP contribution in [0.5, 0.6) is 0 Å². The van der Waals surface area contributed by atoms with Gasteiger partial charge in [-0.3, -0.25) is 9.58 Å². The summed E-state index contributed by atoms with van der Waals surface area (Å²) in [5.74, 6) is 0. The van der Waals surface area contributed by atoms with Gasteiger partial charge in [0.2, 0.25) is 0 Å². The molecule has 0 unspecified atom stereocenters. The van der Waals surface area contributed by atoms with Gasteiger partial charge in [0.05, 0.1) is 12.2 Å². The van der Waals surface area contributed by atoms with Gasteiger partial charge < -0.3 is 5.32 Å². The van der Waals surface area contributed by atoms with Crippen LogP contribution < -0.4 is 5.32 Å². The number of aromatic nitrogens is 2. The number of hydrogen-bond acceptors (Lipinski definition) is 3. The molecule has 1 aliphatic heterocycles. The molecule has 1 aromatic heterocycles. The summed E-state index contributed by atoms with van der Waals surface area (Å²) in [5, 5.41) is 8.29. The Morgan fingerprint density at radius 3 is 2.50 bits per heavy atom. The van der Waals surface area contributed by atoms with E-state index < -0.39 is 0 Å². The molecule has 0 spiro atoms. The average Bonchev–Trinajstić information content (AvgIpc) is 2.77. The van der Waals surface area contributed by atoms with Crippen molar-refractivity contribution in [2.75, 3.05) is 19.6 Å². The Bertz CT molecular complexity index is 663. The smallest absolute Gasteiger partial charge is 0.0662 e. The van der Waals surface area contributed by atoms with Crippen LogP contribution in [0.2, 0.25) is 0 Å². The van der Waals surface area contributed by atoms with Crippen molar-refractivity contribution in [3.63, 3.8) is 0 Å². The highest BCUT2D eigenvalue weighted by Gasteiger charge is 2.19. The van der Waals surface area contributed by atoms with Gasteiger partial charge in [-0.15, -0.1) is 12.4 Å². The summed E-state index contributed by atoms with van der Waals surface area (Å²) in [6.45, 7) is 13.9. The van der Waals surface area contributed by atoms with Gasteiger partial charge in [-0.1, -0.05) is 29.8 Å². The van der Waals surface area contributed by atoms with Crippen molar-refractivity contribution < 1.29 is 0 Å². The van der Waals surface area contributed by atoms with Crippen LogP contribution in [-0.2, 0) is 13.1 Å². The molecule has 0 radical (unpaired) electrons. The van der Waals surface area contributed by atoms with E-state index >= 15 is 0 Å². The summed E-state index contributed by atoms with van der Waals surface area (Å²) in [6.07, 6.45) is 0. The van der Waals surface area contributed by atoms with Crippen molar-refractivity contribution in [2.24, 2.45) is 0 Å². The van der Waals surface area contributed by atoms with Gasteiger partial charge >= 0.3 is 0 Å². The molecule has 24 heavy (non-hydrogen) atoms. The maximum Gasteiger partial charge on any atom is 0.0662 e. The van der Waals surface area contributed by atoms with Crippen LogP contribution >= 0.6 is 12.4 Å². The molecule has 2 heterocycles. The molecule has 1 aliphatic rings. The van der Waals surface area contributed by atoms with Crippen molar-refractivity contribution in [3.8, 4) is 0 Å². The molecule has 3 rings (SSSR count). The van der Waals surface area contributed by atoms with Crippen LogP contribution in [0.4, 0.5) is 0 Å². The van der Waals surface area contributed by atoms with E-state index in [0.29, 0.717) is 6.04 Å². The van der Waals surface area contributed by atoms with Gasteiger partial charge in [-0.25, -0.2) is 0 Å². The van der Waals surface area contributed by atoms with E-state index in [9.17, 15) is 0 Å². The second-order valence-electron chi connectivity index (χ2n) is 6.88. The maximum absolute atomic E-state index is 4.79. The quantitative estimate of drug-likeness (QED) is 0.921. The van der Waals surface area contributed by atoms with Gasteiger partial charge in [0.25, 0.3) is 0 Å². The first-order valence-electron chi connectivity index (χ1n) is 8.57. The largest absolute Gasteiger partial charge is 0.312 e. The van der Waals surface area contributed by atoms with E-state index in [0.717, 1.165) is 32.7 Å². The number of piperazine rings is 1. The van der Waals surface area contributed by atoms with Gasteiger partial charge in [0, 0.05) is 43.5 Å². The highest BCUT2D eigenvalue weighted by Crippen LogP contribution is 2.18. The summed E-state index contributed by atoms with van der Waals surface area (Å²) < 4.78 is 2.15. The molecule has 0 amide bonds. The van der Waals surface area contributed by atoms with Gasteiger partial charge in [0.1, 0.15) is 0 Å². The standard InChI is InChI=1S/C19H28N4.ClH/c1-14-5-7-18(8-6-14)12-23-17(4)19(16(3)21-23)13-22-10-9-20-15(2)11-22;/h5-8,15,20H,9-13H2,1-4H3;1H/t15-;/m1./s1. The molecule has 1 saturated heterocycles. The molecule has 1 aromatic carbocycles. The predicted octanol–water partition coefficient (Wildman–Crippen LogP) is 3.07. The summed E-state index contributed by atoms with van der Waals surface area (Å²) in [5.41, 5.74) is 6.47. The summed E-state index contributed by atoms with van der Waals surface area (Å²) in [6, 6.07) is 9.31. The first kappa shape index (κ1) is 19.0. The van der Waals surface area contributed by atoms with Crippen LogP contribution in [-0.4, -0.2) is 40.4 Å². The van der Waals surface area contributed by atoms with Crippen molar-refractivity contribution in [1.82, 2.24) is 20.0 Å². The van der Waals surface area contributed by atoms with E-state index in [4.69, 9.17) is 5.10 Å². The van der Waals surface area contributed by atoms with E-state index in [2.05, 4.69) is 66.9 Å². The van der Waals surface area contributed by atoms with Crippen molar-refractivity contribution in [3.05, 3.63) is 52.3 Å². The second kappa shape index (κ2) is 8.15. The van der Waals surface area contributed by atoms with E-state index in [1.807, 2.05) is 0 Å². The third-order valence-electron chi connectivity index (χ3n) is 4.82. The van der Waals surface area contributed by atoms with Crippen LogP contribution in [0.3, 0.4) is 0 Å². The summed E-state index contributed by atoms with van der Waals surface area (Å²) in [7, 11) is 0. The zero-order valence-electron chi connectivity index (χ0n) is 15.2. The Balaban J connectivity index is 0.00000208. The number of nitrogens with zero attached hydrogens (tertiary/aromatic N) is 3. The molecule has 1 N–H and O–H groups in total. The maximum atomic E-state index is 4.79. The summed E-state index contributed by atoms with van der Waals surface area (Å²) >= 11 is 0. The Hall–Kier alpha value is -1.36. The molecule has 1 atom stereocenters. The fraction of sp³-hybridized carbons (Fsp3) is 0.526. The lowest BCUT2D eigenvalue weighted by atomic mass is 10.1. The minimum Gasteiger partial charge on any atom is -0.312 e. The third kappa shape index (κ3) is 4.38. The molecule has 4 nitrogen and oxygen atoms in total. The third-order valence-corrected chi connectivity index (χ3v) is 4.82. The Kier molecular flexibility index (Phi) is 6.44. The molecule has 132 valence electrons. The number of aryl methyl sites for hydroxylation is 2. The number of benzene rings is 1. The first-order chi connectivity index (χ1) is 11.0. The SMILES string of the molecule is Cc1ccc(Cn2nc(C)c(CN3CCN[C@H](C)C3)c2C)cc1.Cl. The average molecular weight is 349 g/mol. The lowest BCUT2D eigenvalue weighted by molar-refractivity contribution is 0.199. The van der Waals surface area contributed by atoms with Gasteiger partial charge in [0.15, 0.2) is 0 Å². The topological polar surface area (TPSA) is 33.1 Å². The number of hydrogen-bond donors (Lipinski definition) is 1. The van der Waals surface area contributed by atoms with Crippen molar-refractivity contribution in [1.29, 1.82) is 0 Å².